The molecule has 2 heterocycles. The van der Waals surface area contributed by atoms with Crippen LogP contribution in [0.25, 0.3) is 0 Å². The standard InChI is InChI=1S/C13H18N2O4S/c1-20(18,19)15-9-3-6-12(15)11-5-2-4-10(14-11)7-8-13(16)17/h2,4-5,12H,3,6-9H2,1H3,(H,16,17). The zero-order valence-electron chi connectivity index (χ0n) is 11.3. The van der Waals surface area contributed by atoms with Gasteiger partial charge in [-0.15, -0.1) is 0 Å². The molecule has 0 bridgehead atoms. The third-order valence-electron chi connectivity index (χ3n) is 3.39. The zero-order valence-corrected chi connectivity index (χ0v) is 12.1. The molecule has 1 N–H and O–H groups in total. The van der Waals surface area contributed by atoms with Crippen molar-refractivity contribution >= 4 is 16.0 Å². The number of hydrogen-bond acceptors (Lipinski definition) is 4. The first kappa shape index (κ1) is 14.9. The van der Waals surface area contributed by atoms with E-state index in [4.69, 9.17) is 5.11 Å². The van der Waals surface area contributed by atoms with E-state index in [1.807, 2.05) is 0 Å². The highest BCUT2D eigenvalue weighted by Gasteiger charge is 2.33. The Morgan fingerprint density at radius 1 is 1.50 bits per heavy atom. The first-order valence-corrected chi connectivity index (χ1v) is 8.37. The van der Waals surface area contributed by atoms with Gasteiger partial charge in [-0.05, 0) is 25.0 Å². The van der Waals surface area contributed by atoms with Crippen molar-refractivity contribution in [3.05, 3.63) is 29.6 Å². The van der Waals surface area contributed by atoms with Crippen molar-refractivity contribution in [3.63, 3.8) is 0 Å². The van der Waals surface area contributed by atoms with Crippen LogP contribution >= 0.6 is 0 Å². The lowest BCUT2D eigenvalue weighted by molar-refractivity contribution is -0.136. The number of hydrogen-bond donors (Lipinski definition) is 1. The summed E-state index contributed by atoms with van der Waals surface area (Å²) in [5.74, 6) is -0.865. The van der Waals surface area contributed by atoms with Crippen LogP contribution in [0.3, 0.4) is 0 Å². The predicted octanol–water partition coefficient (Wildman–Crippen LogP) is 1.20. The Labute approximate surface area is 118 Å². The Bertz CT molecular complexity index is 600. The lowest BCUT2D eigenvalue weighted by Crippen LogP contribution is -2.30. The smallest absolute Gasteiger partial charge is 0.303 e. The normalized spacial score (nSPS) is 20.1. The summed E-state index contributed by atoms with van der Waals surface area (Å²) in [6.45, 7) is 0.518. The second kappa shape index (κ2) is 5.88. The van der Waals surface area contributed by atoms with Crippen molar-refractivity contribution in [3.8, 4) is 0 Å². The summed E-state index contributed by atoms with van der Waals surface area (Å²) in [6, 6.07) is 5.15. The molecule has 110 valence electrons. The summed E-state index contributed by atoms with van der Waals surface area (Å²) in [7, 11) is -3.24. The molecule has 1 fully saturated rings. The Balaban J connectivity index is 2.20. The van der Waals surface area contributed by atoms with Crippen LogP contribution in [-0.4, -0.2) is 41.6 Å². The maximum atomic E-state index is 11.7. The number of nitrogens with zero attached hydrogens (tertiary/aromatic N) is 2. The van der Waals surface area contributed by atoms with Gasteiger partial charge in [0, 0.05) is 18.7 Å². The summed E-state index contributed by atoms with van der Waals surface area (Å²) in [5, 5.41) is 8.69. The van der Waals surface area contributed by atoms with Gasteiger partial charge in [0.05, 0.1) is 24.4 Å². The van der Waals surface area contributed by atoms with E-state index in [9.17, 15) is 13.2 Å². The molecule has 0 aromatic carbocycles. The van der Waals surface area contributed by atoms with Gasteiger partial charge in [0.2, 0.25) is 10.0 Å². The molecule has 2 rings (SSSR count). The van der Waals surface area contributed by atoms with Crippen LogP contribution in [0.2, 0.25) is 0 Å². The van der Waals surface area contributed by atoms with Gasteiger partial charge in [-0.2, -0.15) is 4.31 Å². The molecule has 1 saturated heterocycles. The molecule has 0 amide bonds. The minimum absolute atomic E-state index is 0.0247. The molecule has 1 atom stereocenters. The summed E-state index contributed by atoms with van der Waals surface area (Å²) in [6.07, 6.45) is 3.16. The van der Waals surface area contributed by atoms with Crippen LogP contribution in [0, 0.1) is 0 Å². The van der Waals surface area contributed by atoms with Crippen LogP contribution < -0.4 is 0 Å². The summed E-state index contributed by atoms with van der Waals surface area (Å²) < 4.78 is 24.9. The summed E-state index contributed by atoms with van der Waals surface area (Å²) in [5.41, 5.74) is 1.39. The number of carboxylic acid groups (broad SMARTS) is 1. The molecule has 6 nitrogen and oxygen atoms in total. The van der Waals surface area contributed by atoms with E-state index in [1.165, 1.54) is 10.6 Å². The molecule has 1 aromatic heterocycles. The van der Waals surface area contributed by atoms with Gasteiger partial charge in [0.1, 0.15) is 0 Å². The van der Waals surface area contributed by atoms with Gasteiger partial charge in [-0.1, -0.05) is 6.07 Å². The minimum Gasteiger partial charge on any atom is -0.481 e. The molecule has 0 aliphatic carbocycles. The Kier molecular flexibility index (Phi) is 4.39. The number of aromatic nitrogens is 1. The van der Waals surface area contributed by atoms with Crippen molar-refractivity contribution in [1.29, 1.82) is 0 Å². The third-order valence-corrected chi connectivity index (χ3v) is 4.68. The average Bonchev–Trinajstić information content (AvgIpc) is 2.86. The molecular formula is C13H18N2O4S. The van der Waals surface area contributed by atoms with Crippen LogP contribution in [0.4, 0.5) is 0 Å². The number of sulfonamides is 1. The number of pyridine rings is 1. The summed E-state index contributed by atoms with van der Waals surface area (Å²) >= 11 is 0. The first-order chi connectivity index (χ1) is 9.38. The largest absolute Gasteiger partial charge is 0.481 e. The van der Waals surface area contributed by atoms with E-state index in [-0.39, 0.29) is 12.5 Å². The van der Waals surface area contributed by atoms with E-state index >= 15 is 0 Å². The van der Waals surface area contributed by atoms with E-state index < -0.39 is 16.0 Å². The predicted molar refractivity (Wildman–Crippen MR) is 73.7 cm³/mol. The fourth-order valence-electron chi connectivity index (χ4n) is 2.49. The monoisotopic (exact) mass is 298 g/mol. The summed E-state index contributed by atoms with van der Waals surface area (Å²) in [4.78, 5) is 15.0. The van der Waals surface area contributed by atoms with Crippen molar-refractivity contribution in [2.75, 3.05) is 12.8 Å². The quantitative estimate of drug-likeness (QED) is 0.882. The zero-order chi connectivity index (χ0) is 14.8. The maximum Gasteiger partial charge on any atom is 0.303 e. The van der Waals surface area contributed by atoms with Gasteiger partial charge < -0.3 is 5.11 Å². The first-order valence-electron chi connectivity index (χ1n) is 6.52. The van der Waals surface area contributed by atoms with E-state index in [0.717, 1.165) is 12.8 Å². The number of aliphatic carboxylic acids is 1. The van der Waals surface area contributed by atoms with Gasteiger partial charge in [0.25, 0.3) is 0 Å². The van der Waals surface area contributed by atoms with E-state index in [2.05, 4.69) is 4.98 Å². The Morgan fingerprint density at radius 2 is 2.25 bits per heavy atom. The molecule has 1 aliphatic rings. The van der Waals surface area contributed by atoms with Crippen molar-refractivity contribution in [1.82, 2.24) is 9.29 Å². The topological polar surface area (TPSA) is 87.6 Å². The Hall–Kier alpha value is -1.47. The second-order valence-electron chi connectivity index (χ2n) is 4.98. The van der Waals surface area contributed by atoms with Crippen LogP contribution in [0.5, 0.6) is 0 Å². The van der Waals surface area contributed by atoms with Gasteiger partial charge in [-0.3, -0.25) is 9.78 Å². The van der Waals surface area contributed by atoms with E-state index in [1.54, 1.807) is 18.2 Å². The second-order valence-corrected chi connectivity index (χ2v) is 6.91. The highest BCUT2D eigenvalue weighted by atomic mass is 32.2. The lowest BCUT2D eigenvalue weighted by atomic mass is 10.1. The SMILES string of the molecule is CS(=O)(=O)N1CCCC1c1cccc(CCC(=O)O)n1. The third kappa shape index (κ3) is 3.55. The van der Waals surface area contributed by atoms with Crippen molar-refractivity contribution in [2.45, 2.75) is 31.7 Å². The molecule has 1 aliphatic heterocycles. The minimum atomic E-state index is -3.24. The van der Waals surface area contributed by atoms with Crippen molar-refractivity contribution < 1.29 is 18.3 Å². The lowest BCUT2D eigenvalue weighted by Gasteiger charge is -2.21. The fourth-order valence-corrected chi connectivity index (χ4v) is 3.63. The van der Waals surface area contributed by atoms with Crippen LogP contribution in [-0.2, 0) is 21.2 Å². The van der Waals surface area contributed by atoms with Gasteiger partial charge >= 0.3 is 5.97 Å². The molecule has 0 spiro atoms. The number of rotatable bonds is 5. The highest BCUT2D eigenvalue weighted by molar-refractivity contribution is 7.88. The van der Waals surface area contributed by atoms with Gasteiger partial charge in [-0.25, -0.2) is 8.42 Å². The molecule has 1 aromatic rings. The van der Waals surface area contributed by atoms with Crippen LogP contribution in [0.1, 0.15) is 36.7 Å². The molecule has 0 saturated carbocycles. The van der Waals surface area contributed by atoms with Crippen molar-refractivity contribution in [2.24, 2.45) is 0 Å². The number of carbonyl (C=O) groups is 1. The van der Waals surface area contributed by atoms with Crippen LogP contribution in [0.15, 0.2) is 18.2 Å². The van der Waals surface area contributed by atoms with Gasteiger partial charge in [0.15, 0.2) is 0 Å². The average molecular weight is 298 g/mol. The molecule has 7 heteroatoms. The highest BCUT2D eigenvalue weighted by Crippen LogP contribution is 2.32. The molecular weight excluding hydrogens is 280 g/mol. The maximum absolute atomic E-state index is 11.7. The molecule has 0 radical (unpaired) electrons. The molecule has 1 unspecified atom stereocenters. The number of aryl methyl sites for hydroxylation is 1. The fraction of sp³-hybridized carbons (Fsp3) is 0.538. The van der Waals surface area contributed by atoms with E-state index in [0.29, 0.717) is 24.4 Å². The Morgan fingerprint density at radius 3 is 2.90 bits per heavy atom. The molecule has 20 heavy (non-hydrogen) atoms. The number of carboxylic acids is 1.